The predicted molar refractivity (Wildman–Crippen MR) is 99.2 cm³/mol. The molecule has 1 aromatic heterocycles. The topological polar surface area (TPSA) is 45.2 Å². The van der Waals surface area contributed by atoms with Crippen molar-refractivity contribution in [2.45, 2.75) is 44.1 Å². The van der Waals surface area contributed by atoms with Crippen molar-refractivity contribution in [1.29, 1.82) is 0 Å². The number of anilines is 2. The molecule has 0 bridgehead atoms. The molecule has 0 spiro atoms. The Labute approximate surface area is 150 Å². The van der Waals surface area contributed by atoms with E-state index < -0.39 is 0 Å². The summed E-state index contributed by atoms with van der Waals surface area (Å²) in [5, 5.41) is 6.52. The van der Waals surface area contributed by atoms with Gasteiger partial charge in [0, 0.05) is 41.0 Å². The highest BCUT2D eigenvalue weighted by atomic mass is 35.5. The predicted octanol–water partition coefficient (Wildman–Crippen LogP) is 4.67. The van der Waals surface area contributed by atoms with Gasteiger partial charge in [0.25, 0.3) is 0 Å². The minimum atomic E-state index is 0.0533. The van der Waals surface area contributed by atoms with Crippen LogP contribution in [0.5, 0.6) is 0 Å². The van der Waals surface area contributed by atoms with Gasteiger partial charge in [-0.05, 0) is 49.9 Å². The van der Waals surface area contributed by atoms with Crippen molar-refractivity contribution in [3.63, 3.8) is 0 Å². The van der Waals surface area contributed by atoms with Crippen LogP contribution < -0.4 is 10.2 Å². The Morgan fingerprint density at radius 2 is 2.08 bits per heavy atom. The van der Waals surface area contributed by atoms with Crippen molar-refractivity contribution in [3.8, 4) is 0 Å². The summed E-state index contributed by atoms with van der Waals surface area (Å²) in [5.74, 6) is 0.680. The maximum atomic E-state index is 12.4. The third kappa shape index (κ3) is 3.57. The van der Waals surface area contributed by atoms with Crippen LogP contribution in [0.15, 0.2) is 29.6 Å². The second-order valence-corrected chi connectivity index (χ2v) is 7.86. The average molecular weight is 362 g/mol. The number of amides is 1. The first-order chi connectivity index (χ1) is 11.7. The summed E-state index contributed by atoms with van der Waals surface area (Å²) < 4.78 is 0. The van der Waals surface area contributed by atoms with E-state index in [1.807, 2.05) is 24.3 Å². The number of carbonyl (C=O) groups is 1. The summed E-state index contributed by atoms with van der Waals surface area (Å²) in [6.07, 6.45) is 5.12. The first kappa shape index (κ1) is 15.9. The number of hydrogen-bond donors (Lipinski definition) is 1. The number of halogens is 1. The SMILES string of the molecule is O=C(CC1CCCN1c1ccc(Cl)cc1)Nc1nc(C2CC2)cs1. The fourth-order valence-corrected chi connectivity index (χ4v) is 4.25. The molecule has 1 amide bonds. The van der Waals surface area contributed by atoms with Crippen molar-refractivity contribution in [3.05, 3.63) is 40.4 Å². The van der Waals surface area contributed by atoms with E-state index in [0.717, 1.165) is 40.9 Å². The van der Waals surface area contributed by atoms with E-state index in [4.69, 9.17) is 11.6 Å². The molecule has 6 heteroatoms. The molecule has 2 fully saturated rings. The molecule has 2 aromatic rings. The largest absolute Gasteiger partial charge is 0.368 e. The van der Waals surface area contributed by atoms with Crippen molar-refractivity contribution in [1.82, 2.24) is 4.98 Å². The van der Waals surface area contributed by atoms with E-state index in [2.05, 4.69) is 20.6 Å². The zero-order valence-corrected chi connectivity index (χ0v) is 14.9. The zero-order valence-electron chi connectivity index (χ0n) is 13.4. The van der Waals surface area contributed by atoms with Gasteiger partial charge >= 0.3 is 0 Å². The molecule has 1 saturated carbocycles. The highest BCUT2D eigenvalue weighted by Crippen LogP contribution is 2.41. The molecule has 4 rings (SSSR count). The van der Waals surface area contributed by atoms with Crippen LogP contribution in [0.4, 0.5) is 10.8 Å². The molecule has 2 aliphatic rings. The van der Waals surface area contributed by atoms with Gasteiger partial charge in [-0.25, -0.2) is 4.98 Å². The van der Waals surface area contributed by atoms with E-state index in [9.17, 15) is 4.79 Å². The minimum Gasteiger partial charge on any atom is -0.368 e. The highest BCUT2D eigenvalue weighted by molar-refractivity contribution is 7.13. The fraction of sp³-hybridized carbons (Fsp3) is 0.444. The van der Waals surface area contributed by atoms with Gasteiger partial charge < -0.3 is 10.2 Å². The maximum absolute atomic E-state index is 12.4. The molecule has 1 aliphatic carbocycles. The molecule has 126 valence electrons. The van der Waals surface area contributed by atoms with Crippen LogP contribution in [0.25, 0.3) is 0 Å². The summed E-state index contributed by atoms with van der Waals surface area (Å²) in [7, 11) is 0. The Bertz CT molecular complexity index is 726. The zero-order chi connectivity index (χ0) is 16.5. The minimum absolute atomic E-state index is 0.0533. The van der Waals surface area contributed by atoms with Crippen LogP contribution in [0, 0.1) is 0 Å². The highest BCUT2D eigenvalue weighted by Gasteiger charge is 2.28. The molecular weight excluding hydrogens is 342 g/mol. The average Bonchev–Trinajstić information content (AvgIpc) is 3.15. The van der Waals surface area contributed by atoms with E-state index in [-0.39, 0.29) is 11.9 Å². The monoisotopic (exact) mass is 361 g/mol. The molecular formula is C18H20ClN3OS. The molecule has 1 unspecified atom stereocenters. The molecule has 2 heterocycles. The number of benzene rings is 1. The third-order valence-corrected chi connectivity index (χ3v) is 5.75. The summed E-state index contributed by atoms with van der Waals surface area (Å²) >= 11 is 7.50. The van der Waals surface area contributed by atoms with Gasteiger partial charge in [0.05, 0.1) is 5.69 Å². The quantitative estimate of drug-likeness (QED) is 0.841. The molecule has 4 nitrogen and oxygen atoms in total. The van der Waals surface area contributed by atoms with E-state index in [1.54, 1.807) is 0 Å². The van der Waals surface area contributed by atoms with E-state index >= 15 is 0 Å². The summed E-state index contributed by atoms with van der Waals surface area (Å²) in [5.41, 5.74) is 2.28. The molecule has 1 aliphatic heterocycles. The molecule has 1 N–H and O–H groups in total. The van der Waals surface area contributed by atoms with Crippen LogP contribution in [-0.4, -0.2) is 23.5 Å². The normalized spacial score (nSPS) is 20.4. The lowest BCUT2D eigenvalue weighted by atomic mass is 10.1. The number of aromatic nitrogens is 1. The lowest BCUT2D eigenvalue weighted by Crippen LogP contribution is -2.32. The fourth-order valence-electron chi connectivity index (χ4n) is 3.31. The Morgan fingerprint density at radius 1 is 1.29 bits per heavy atom. The molecule has 1 atom stereocenters. The van der Waals surface area contributed by atoms with Crippen molar-refractivity contribution < 1.29 is 4.79 Å². The summed E-state index contributed by atoms with van der Waals surface area (Å²) in [4.78, 5) is 19.2. The van der Waals surface area contributed by atoms with E-state index in [0.29, 0.717) is 12.3 Å². The molecule has 1 aromatic carbocycles. The number of nitrogens with zero attached hydrogens (tertiary/aromatic N) is 2. The Balaban J connectivity index is 1.37. The van der Waals surface area contributed by atoms with Crippen LogP contribution in [0.1, 0.15) is 43.7 Å². The second-order valence-electron chi connectivity index (χ2n) is 6.57. The van der Waals surface area contributed by atoms with Gasteiger partial charge in [0.15, 0.2) is 5.13 Å². The summed E-state index contributed by atoms with van der Waals surface area (Å²) in [6.45, 7) is 0.989. The van der Waals surface area contributed by atoms with Gasteiger partial charge in [-0.1, -0.05) is 11.6 Å². The lowest BCUT2D eigenvalue weighted by molar-refractivity contribution is -0.116. The second kappa shape index (κ2) is 6.73. The number of carbonyl (C=O) groups excluding carboxylic acids is 1. The Hall–Kier alpha value is -1.59. The number of hydrogen-bond acceptors (Lipinski definition) is 4. The Kier molecular flexibility index (Phi) is 4.46. The van der Waals surface area contributed by atoms with Crippen molar-refractivity contribution >= 4 is 39.7 Å². The summed E-state index contributed by atoms with van der Waals surface area (Å²) in [6, 6.07) is 8.11. The van der Waals surface area contributed by atoms with E-state index in [1.165, 1.54) is 24.2 Å². The molecule has 24 heavy (non-hydrogen) atoms. The van der Waals surface area contributed by atoms with Gasteiger partial charge in [0.2, 0.25) is 5.91 Å². The molecule has 1 saturated heterocycles. The van der Waals surface area contributed by atoms with Gasteiger partial charge in [-0.15, -0.1) is 11.3 Å². The molecule has 0 radical (unpaired) electrons. The van der Waals surface area contributed by atoms with Crippen LogP contribution in [0.2, 0.25) is 5.02 Å². The number of nitrogens with one attached hydrogen (secondary N) is 1. The first-order valence-corrected chi connectivity index (χ1v) is 9.72. The number of thiazole rings is 1. The number of rotatable bonds is 5. The lowest BCUT2D eigenvalue weighted by Gasteiger charge is -2.26. The van der Waals surface area contributed by atoms with Gasteiger partial charge in [-0.2, -0.15) is 0 Å². The third-order valence-electron chi connectivity index (χ3n) is 4.72. The maximum Gasteiger partial charge on any atom is 0.228 e. The van der Waals surface area contributed by atoms with Crippen LogP contribution in [-0.2, 0) is 4.79 Å². The van der Waals surface area contributed by atoms with Crippen LogP contribution >= 0.6 is 22.9 Å². The first-order valence-electron chi connectivity index (χ1n) is 8.46. The van der Waals surface area contributed by atoms with Crippen molar-refractivity contribution in [2.75, 3.05) is 16.8 Å². The van der Waals surface area contributed by atoms with Gasteiger partial charge in [-0.3, -0.25) is 4.79 Å². The smallest absolute Gasteiger partial charge is 0.228 e. The van der Waals surface area contributed by atoms with Gasteiger partial charge in [0.1, 0.15) is 0 Å². The van der Waals surface area contributed by atoms with Crippen molar-refractivity contribution in [2.24, 2.45) is 0 Å². The standard InChI is InChI=1S/C18H20ClN3OS/c19-13-5-7-14(8-6-13)22-9-1-2-15(22)10-17(23)21-18-20-16(11-24-18)12-3-4-12/h5-8,11-12,15H,1-4,9-10H2,(H,20,21,23). The van der Waals surface area contributed by atoms with Crippen LogP contribution in [0.3, 0.4) is 0 Å². The Morgan fingerprint density at radius 3 is 2.83 bits per heavy atom.